The molecule has 0 aliphatic heterocycles. The molecule has 7 heteroatoms. The minimum Gasteiger partial charge on any atom is -0.450 e. The number of nitrogens with two attached hydrogens (primary N) is 1. The van der Waals surface area contributed by atoms with E-state index in [0.717, 1.165) is 5.56 Å². The van der Waals surface area contributed by atoms with Crippen molar-refractivity contribution in [2.24, 2.45) is 0 Å². The number of carbonyl (C=O) groups excluding carboxylic acids is 2. The van der Waals surface area contributed by atoms with Crippen molar-refractivity contribution in [2.45, 2.75) is 20.4 Å². The molecule has 1 heterocycles. The normalized spacial score (nSPS) is 10.1. The van der Waals surface area contributed by atoms with E-state index in [1.165, 1.54) is 6.92 Å². The molecule has 1 aromatic heterocycles. The molecule has 0 aliphatic rings. The first-order valence-electron chi connectivity index (χ1n) is 7.53. The summed E-state index contributed by atoms with van der Waals surface area (Å²) in [5.74, 6) is 0.811. The lowest BCUT2D eigenvalue weighted by molar-refractivity contribution is 0.101. The summed E-state index contributed by atoms with van der Waals surface area (Å²) in [5, 5.41) is 5.66. The SMILES string of the molecule is CCOC(=O)Nc1ccc(NCc2ccc(C(C)=O)cc2)nc1N. The van der Waals surface area contributed by atoms with E-state index in [-0.39, 0.29) is 18.2 Å². The Labute approximate surface area is 140 Å². The van der Waals surface area contributed by atoms with Crippen LogP contribution in [0.15, 0.2) is 36.4 Å². The van der Waals surface area contributed by atoms with Gasteiger partial charge in [0.2, 0.25) is 0 Å². The third-order valence-electron chi connectivity index (χ3n) is 3.27. The van der Waals surface area contributed by atoms with Crippen LogP contribution < -0.4 is 16.4 Å². The average molecular weight is 328 g/mol. The largest absolute Gasteiger partial charge is 0.450 e. The molecule has 0 unspecified atom stereocenters. The number of hydrogen-bond acceptors (Lipinski definition) is 6. The van der Waals surface area contributed by atoms with Gasteiger partial charge in [0.1, 0.15) is 11.6 Å². The highest BCUT2D eigenvalue weighted by molar-refractivity contribution is 5.94. The number of carbonyl (C=O) groups is 2. The van der Waals surface area contributed by atoms with Crippen molar-refractivity contribution in [1.29, 1.82) is 0 Å². The fourth-order valence-electron chi connectivity index (χ4n) is 2.01. The lowest BCUT2D eigenvalue weighted by Gasteiger charge is -2.10. The highest BCUT2D eigenvalue weighted by atomic mass is 16.5. The van der Waals surface area contributed by atoms with Crippen LogP contribution in [0.1, 0.15) is 29.8 Å². The van der Waals surface area contributed by atoms with E-state index in [2.05, 4.69) is 15.6 Å². The summed E-state index contributed by atoms with van der Waals surface area (Å²) in [4.78, 5) is 26.8. The van der Waals surface area contributed by atoms with Gasteiger partial charge in [0.15, 0.2) is 5.78 Å². The lowest BCUT2D eigenvalue weighted by Crippen LogP contribution is -2.15. The van der Waals surface area contributed by atoms with Crippen LogP contribution in [-0.4, -0.2) is 23.5 Å². The van der Waals surface area contributed by atoms with Gasteiger partial charge in [0, 0.05) is 12.1 Å². The number of ether oxygens (including phenoxy) is 1. The number of rotatable bonds is 6. The van der Waals surface area contributed by atoms with Gasteiger partial charge in [-0.15, -0.1) is 0 Å². The van der Waals surface area contributed by atoms with Gasteiger partial charge in [0.25, 0.3) is 0 Å². The first-order valence-corrected chi connectivity index (χ1v) is 7.53. The number of nitrogen functional groups attached to an aromatic ring is 1. The standard InChI is InChI=1S/C17H20N4O3/c1-3-24-17(23)20-14-8-9-15(21-16(14)18)19-10-12-4-6-13(7-5-12)11(2)22/h4-9H,3,10H2,1-2H3,(H,20,23)(H3,18,19,21). The van der Waals surface area contributed by atoms with Crippen molar-refractivity contribution < 1.29 is 14.3 Å². The fraction of sp³-hybridized carbons (Fsp3) is 0.235. The van der Waals surface area contributed by atoms with E-state index in [1.807, 2.05) is 12.1 Å². The number of amides is 1. The number of aromatic nitrogens is 1. The molecule has 0 fully saturated rings. The average Bonchev–Trinajstić information content (AvgIpc) is 2.56. The molecule has 2 rings (SSSR count). The maximum Gasteiger partial charge on any atom is 0.411 e. The third-order valence-corrected chi connectivity index (χ3v) is 3.27. The maximum atomic E-state index is 11.4. The zero-order chi connectivity index (χ0) is 17.5. The number of ketones is 1. The summed E-state index contributed by atoms with van der Waals surface area (Å²) in [7, 11) is 0. The Morgan fingerprint density at radius 1 is 1.17 bits per heavy atom. The predicted octanol–water partition coefficient (Wildman–Crippen LogP) is 3.05. The number of hydrogen-bond donors (Lipinski definition) is 3. The Bertz CT molecular complexity index is 729. The van der Waals surface area contributed by atoms with Gasteiger partial charge in [0.05, 0.1) is 12.3 Å². The zero-order valence-electron chi connectivity index (χ0n) is 13.6. The quantitative estimate of drug-likeness (QED) is 0.704. The van der Waals surface area contributed by atoms with Crippen LogP contribution in [0.5, 0.6) is 0 Å². The smallest absolute Gasteiger partial charge is 0.411 e. The van der Waals surface area contributed by atoms with E-state index in [9.17, 15) is 9.59 Å². The summed E-state index contributed by atoms with van der Waals surface area (Å²) in [6.45, 7) is 4.07. The minimum atomic E-state index is -0.572. The van der Waals surface area contributed by atoms with Crippen LogP contribution in [-0.2, 0) is 11.3 Å². The second kappa shape index (κ2) is 7.96. The van der Waals surface area contributed by atoms with E-state index in [0.29, 0.717) is 23.6 Å². The molecular weight excluding hydrogens is 308 g/mol. The van der Waals surface area contributed by atoms with E-state index < -0.39 is 6.09 Å². The molecule has 2 aromatic rings. The van der Waals surface area contributed by atoms with Crippen molar-refractivity contribution in [2.75, 3.05) is 23.0 Å². The molecule has 0 bridgehead atoms. The Kier molecular flexibility index (Phi) is 5.73. The van der Waals surface area contributed by atoms with Gasteiger partial charge in [-0.05, 0) is 31.5 Å². The van der Waals surface area contributed by atoms with Crippen LogP contribution in [0.3, 0.4) is 0 Å². The van der Waals surface area contributed by atoms with Gasteiger partial charge >= 0.3 is 6.09 Å². The minimum absolute atomic E-state index is 0.0358. The fourth-order valence-corrected chi connectivity index (χ4v) is 2.01. The molecular formula is C17H20N4O3. The van der Waals surface area contributed by atoms with Crippen LogP contribution in [0.2, 0.25) is 0 Å². The highest BCUT2D eigenvalue weighted by Crippen LogP contribution is 2.19. The Hall–Kier alpha value is -3.09. The molecule has 0 saturated heterocycles. The van der Waals surface area contributed by atoms with E-state index in [1.54, 1.807) is 31.2 Å². The Morgan fingerprint density at radius 3 is 2.46 bits per heavy atom. The molecule has 0 saturated carbocycles. The Balaban J connectivity index is 1.96. The van der Waals surface area contributed by atoms with Crippen molar-refractivity contribution in [3.05, 3.63) is 47.5 Å². The number of benzene rings is 1. The Morgan fingerprint density at radius 2 is 1.88 bits per heavy atom. The van der Waals surface area contributed by atoms with Crippen LogP contribution in [0, 0.1) is 0 Å². The predicted molar refractivity (Wildman–Crippen MR) is 93.1 cm³/mol. The summed E-state index contributed by atoms with van der Waals surface area (Å²) >= 11 is 0. The van der Waals surface area contributed by atoms with Gasteiger partial charge in [-0.2, -0.15) is 0 Å². The number of anilines is 3. The molecule has 7 nitrogen and oxygen atoms in total. The lowest BCUT2D eigenvalue weighted by atomic mass is 10.1. The van der Waals surface area contributed by atoms with Crippen molar-refractivity contribution >= 4 is 29.2 Å². The summed E-state index contributed by atoms with van der Waals surface area (Å²) in [5.41, 5.74) is 7.91. The molecule has 126 valence electrons. The number of Topliss-reactive ketones (excluding diaryl/α,β-unsaturated/α-hetero) is 1. The zero-order valence-corrected chi connectivity index (χ0v) is 13.6. The topological polar surface area (TPSA) is 106 Å². The monoisotopic (exact) mass is 328 g/mol. The summed E-state index contributed by atoms with van der Waals surface area (Å²) in [6.07, 6.45) is -0.572. The van der Waals surface area contributed by atoms with Crippen LogP contribution in [0.4, 0.5) is 22.1 Å². The highest BCUT2D eigenvalue weighted by Gasteiger charge is 2.07. The van der Waals surface area contributed by atoms with Gasteiger partial charge in [-0.1, -0.05) is 24.3 Å². The molecule has 24 heavy (non-hydrogen) atoms. The first-order chi connectivity index (χ1) is 11.5. The maximum absolute atomic E-state index is 11.4. The molecule has 1 aromatic carbocycles. The second-order valence-electron chi connectivity index (χ2n) is 5.08. The number of nitrogens with zero attached hydrogens (tertiary/aromatic N) is 1. The molecule has 1 amide bonds. The van der Waals surface area contributed by atoms with Crippen LogP contribution in [0.25, 0.3) is 0 Å². The molecule has 0 spiro atoms. The summed E-state index contributed by atoms with van der Waals surface area (Å²) < 4.78 is 4.79. The first kappa shape index (κ1) is 17.3. The molecule has 0 atom stereocenters. The number of nitrogens with one attached hydrogen (secondary N) is 2. The second-order valence-corrected chi connectivity index (χ2v) is 5.08. The van der Waals surface area contributed by atoms with E-state index in [4.69, 9.17) is 10.5 Å². The molecule has 4 N–H and O–H groups in total. The van der Waals surface area contributed by atoms with Gasteiger partial charge < -0.3 is 15.8 Å². The van der Waals surface area contributed by atoms with E-state index >= 15 is 0 Å². The summed E-state index contributed by atoms with van der Waals surface area (Å²) in [6, 6.07) is 10.7. The third kappa shape index (κ3) is 4.70. The van der Waals surface area contributed by atoms with Gasteiger partial charge in [-0.3, -0.25) is 10.1 Å². The van der Waals surface area contributed by atoms with Crippen LogP contribution >= 0.6 is 0 Å². The molecule has 0 radical (unpaired) electrons. The number of pyridine rings is 1. The molecule has 0 aliphatic carbocycles. The van der Waals surface area contributed by atoms with Crippen molar-refractivity contribution in [3.8, 4) is 0 Å². The van der Waals surface area contributed by atoms with Gasteiger partial charge in [-0.25, -0.2) is 9.78 Å². The van der Waals surface area contributed by atoms with Crippen molar-refractivity contribution in [3.63, 3.8) is 0 Å². The van der Waals surface area contributed by atoms with Crippen molar-refractivity contribution in [1.82, 2.24) is 4.98 Å².